The fourth-order valence-electron chi connectivity index (χ4n) is 8.93. The Balaban J connectivity index is 3.45. The molecule has 3 N–H and O–H groups in total. The largest absolute Gasteiger partial charge is 0.466 e. The second-order valence-corrected chi connectivity index (χ2v) is 19.6. The highest BCUT2D eigenvalue weighted by atomic mass is 16.5. The highest BCUT2D eigenvalue weighted by Gasteiger charge is 2.20. The van der Waals surface area contributed by atoms with E-state index in [0.29, 0.717) is 25.9 Å². The highest BCUT2D eigenvalue weighted by Crippen LogP contribution is 2.17. The lowest BCUT2D eigenvalue weighted by atomic mass is 10.0. The Labute approximate surface area is 393 Å². The van der Waals surface area contributed by atoms with Gasteiger partial charge in [0.15, 0.2) is 0 Å². The number of nitrogens with one attached hydrogen (secondary N) is 1. The predicted octanol–water partition coefficient (Wildman–Crippen LogP) is 17.3. The van der Waals surface area contributed by atoms with Crippen molar-refractivity contribution in [2.45, 2.75) is 328 Å². The lowest BCUT2D eigenvalue weighted by Crippen LogP contribution is -2.45. The van der Waals surface area contributed by atoms with Crippen molar-refractivity contribution in [1.82, 2.24) is 5.32 Å². The zero-order chi connectivity index (χ0) is 45.8. The lowest BCUT2D eigenvalue weighted by Gasteiger charge is -2.22. The van der Waals surface area contributed by atoms with E-state index in [1.807, 2.05) is 0 Å². The molecule has 0 aromatic carbocycles. The smallest absolute Gasteiger partial charge is 0.305 e. The molecule has 0 aromatic rings. The van der Waals surface area contributed by atoms with Crippen LogP contribution in [0.4, 0.5) is 0 Å². The average molecular weight is 891 g/mol. The number of amides is 1. The van der Waals surface area contributed by atoms with Gasteiger partial charge in [-0.25, -0.2) is 0 Å². The van der Waals surface area contributed by atoms with Crippen molar-refractivity contribution in [3.8, 4) is 0 Å². The first-order valence-corrected chi connectivity index (χ1v) is 28.4. The van der Waals surface area contributed by atoms with Crippen LogP contribution in [0.15, 0.2) is 12.2 Å². The van der Waals surface area contributed by atoms with E-state index < -0.39 is 12.1 Å². The molecule has 6 nitrogen and oxygen atoms in total. The van der Waals surface area contributed by atoms with Crippen LogP contribution < -0.4 is 5.32 Å². The van der Waals surface area contributed by atoms with Crippen LogP contribution in [-0.4, -0.2) is 47.4 Å². The molecule has 2 atom stereocenters. The number of aliphatic hydroxyl groups excluding tert-OH is 2. The van der Waals surface area contributed by atoms with Gasteiger partial charge in [-0.05, 0) is 51.4 Å². The molecule has 0 rings (SSSR count). The number of hydrogen-bond acceptors (Lipinski definition) is 5. The summed E-state index contributed by atoms with van der Waals surface area (Å²) in [5.74, 6) is -0.0596. The molecular formula is C57H111NO5. The summed E-state index contributed by atoms with van der Waals surface area (Å²) < 4.78 is 5.45. The van der Waals surface area contributed by atoms with Crippen molar-refractivity contribution >= 4 is 11.9 Å². The van der Waals surface area contributed by atoms with E-state index in [1.54, 1.807) is 0 Å². The fourth-order valence-corrected chi connectivity index (χ4v) is 8.93. The molecule has 0 heterocycles. The Morgan fingerprint density at radius 2 is 0.746 bits per heavy atom. The Kier molecular flexibility index (Phi) is 52.0. The Hall–Kier alpha value is -1.40. The van der Waals surface area contributed by atoms with Gasteiger partial charge in [0.1, 0.15) is 0 Å². The van der Waals surface area contributed by atoms with E-state index in [9.17, 15) is 19.8 Å². The maximum Gasteiger partial charge on any atom is 0.305 e. The summed E-state index contributed by atoms with van der Waals surface area (Å²) in [5.41, 5.74) is 0. The minimum absolute atomic E-state index is 0.0146. The van der Waals surface area contributed by atoms with E-state index in [1.165, 1.54) is 231 Å². The molecule has 0 bridgehead atoms. The summed E-state index contributed by atoms with van der Waals surface area (Å²) in [4.78, 5) is 24.5. The topological polar surface area (TPSA) is 95.9 Å². The molecule has 0 saturated carbocycles. The monoisotopic (exact) mass is 890 g/mol. The minimum atomic E-state index is -0.673. The third-order valence-corrected chi connectivity index (χ3v) is 13.3. The van der Waals surface area contributed by atoms with Crippen LogP contribution in [0.25, 0.3) is 0 Å². The molecule has 2 unspecified atom stereocenters. The molecule has 6 heteroatoms. The van der Waals surface area contributed by atoms with Crippen molar-refractivity contribution < 1.29 is 24.5 Å². The number of rotatable bonds is 53. The number of unbranched alkanes of at least 4 members (excludes halogenated alkanes) is 40. The Morgan fingerprint density at radius 3 is 1.16 bits per heavy atom. The van der Waals surface area contributed by atoms with Gasteiger partial charge in [-0.15, -0.1) is 0 Å². The summed E-state index contributed by atoms with van der Waals surface area (Å²) in [6.07, 6.45) is 61.9. The summed E-state index contributed by atoms with van der Waals surface area (Å²) in [6, 6.07) is -0.551. The maximum absolute atomic E-state index is 12.5. The van der Waals surface area contributed by atoms with Crippen molar-refractivity contribution in [1.29, 1.82) is 0 Å². The maximum atomic E-state index is 12.5. The van der Waals surface area contributed by atoms with Crippen LogP contribution in [-0.2, 0) is 14.3 Å². The summed E-state index contributed by atoms with van der Waals surface area (Å²) >= 11 is 0. The number of esters is 1. The highest BCUT2D eigenvalue weighted by molar-refractivity contribution is 5.76. The number of carbonyl (C=O) groups excluding carboxylic acids is 2. The van der Waals surface area contributed by atoms with Gasteiger partial charge in [-0.1, -0.05) is 264 Å². The van der Waals surface area contributed by atoms with Crippen LogP contribution >= 0.6 is 0 Å². The van der Waals surface area contributed by atoms with Crippen molar-refractivity contribution in [2.75, 3.05) is 13.2 Å². The average Bonchev–Trinajstić information content (AvgIpc) is 3.28. The first kappa shape index (κ1) is 61.6. The predicted molar refractivity (Wildman–Crippen MR) is 273 cm³/mol. The van der Waals surface area contributed by atoms with Gasteiger partial charge < -0.3 is 20.3 Å². The second-order valence-electron chi connectivity index (χ2n) is 19.6. The lowest BCUT2D eigenvalue weighted by molar-refractivity contribution is -0.143. The van der Waals surface area contributed by atoms with E-state index >= 15 is 0 Å². The van der Waals surface area contributed by atoms with Crippen LogP contribution in [0, 0.1) is 0 Å². The third kappa shape index (κ3) is 49.9. The number of aliphatic hydroxyl groups is 2. The summed E-state index contributed by atoms with van der Waals surface area (Å²) in [7, 11) is 0. The van der Waals surface area contributed by atoms with E-state index in [-0.39, 0.29) is 18.5 Å². The van der Waals surface area contributed by atoms with E-state index in [4.69, 9.17) is 4.74 Å². The summed E-state index contributed by atoms with van der Waals surface area (Å²) in [5, 5.41) is 23.3. The van der Waals surface area contributed by atoms with Gasteiger partial charge in [0.05, 0.1) is 25.4 Å². The third-order valence-electron chi connectivity index (χ3n) is 13.3. The number of ether oxygens (including phenoxy) is 1. The molecule has 0 aliphatic rings. The second kappa shape index (κ2) is 53.2. The van der Waals surface area contributed by atoms with E-state index in [2.05, 4.69) is 31.3 Å². The first-order chi connectivity index (χ1) is 31.0. The minimum Gasteiger partial charge on any atom is -0.466 e. The molecule has 0 fully saturated rings. The van der Waals surface area contributed by atoms with Gasteiger partial charge in [-0.3, -0.25) is 9.59 Å². The Bertz CT molecular complexity index is 939. The van der Waals surface area contributed by atoms with Crippen LogP contribution in [0.1, 0.15) is 316 Å². The van der Waals surface area contributed by atoms with Crippen LogP contribution in [0.2, 0.25) is 0 Å². The van der Waals surface area contributed by atoms with Crippen molar-refractivity contribution in [2.24, 2.45) is 0 Å². The molecule has 0 saturated heterocycles. The van der Waals surface area contributed by atoms with E-state index in [0.717, 1.165) is 51.4 Å². The normalized spacial score (nSPS) is 12.6. The molecule has 0 aliphatic carbocycles. The zero-order valence-corrected chi connectivity index (χ0v) is 42.6. The van der Waals surface area contributed by atoms with Crippen LogP contribution in [0.5, 0.6) is 0 Å². The van der Waals surface area contributed by atoms with Gasteiger partial charge >= 0.3 is 5.97 Å². The quantitative estimate of drug-likeness (QED) is 0.0321. The van der Waals surface area contributed by atoms with Gasteiger partial charge in [0, 0.05) is 12.8 Å². The van der Waals surface area contributed by atoms with Gasteiger partial charge in [0.25, 0.3) is 0 Å². The molecule has 374 valence electrons. The standard InChI is InChI=1S/C57H111NO5/c1-3-5-7-9-11-13-15-17-18-19-20-21-22-23-24-26-29-33-37-41-45-49-55(60)54(53-59)58-56(61)50-46-42-38-34-30-27-25-28-32-36-40-44-48-52-63-57(62)51-47-43-39-35-31-16-14-12-10-8-6-4-2/h12,14,54-55,59-60H,3-11,13,15-53H2,1-2H3,(H,58,61)/b14-12-. The molecule has 0 aromatic heterocycles. The number of carbonyl (C=O) groups is 2. The number of hydrogen-bond donors (Lipinski definition) is 3. The molecule has 1 amide bonds. The SMILES string of the molecule is CCCCC/C=C\CCCCCCCC(=O)OCCCCCCCCCCCCCCCC(=O)NC(CO)C(O)CCCCCCCCCCCCCCCCCCCCCCC. The van der Waals surface area contributed by atoms with Crippen molar-refractivity contribution in [3.63, 3.8) is 0 Å². The van der Waals surface area contributed by atoms with Crippen LogP contribution in [0.3, 0.4) is 0 Å². The molecule has 0 radical (unpaired) electrons. The molecule has 0 spiro atoms. The number of allylic oxidation sites excluding steroid dienone is 2. The molecular weight excluding hydrogens is 779 g/mol. The zero-order valence-electron chi connectivity index (χ0n) is 42.6. The fraction of sp³-hybridized carbons (Fsp3) is 0.930. The van der Waals surface area contributed by atoms with Crippen molar-refractivity contribution in [3.05, 3.63) is 12.2 Å². The Morgan fingerprint density at radius 1 is 0.429 bits per heavy atom. The van der Waals surface area contributed by atoms with Gasteiger partial charge in [0.2, 0.25) is 5.91 Å². The summed E-state index contributed by atoms with van der Waals surface area (Å²) in [6.45, 7) is 4.92. The molecule has 0 aliphatic heterocycles. The molecule has 63 heavy (non-hydrogen) atoms. The first-order valence-electron chi connectivity index (χ1n) is 28.4. The van der Waals surface area contributed by atoms with Gasteiger partial charge in [-0.2, -0.15) is 0 Å².